The summed E-state index contributed by atoms with van der Waals surface area (Å²) in [6.45, 7) is 9.22. The summed E-state index contributed by atoms with van der Waals surface area (Å²) in [5, 5.41) is 35.9. The van der Waals surface area contributed by atoms with Gasteiger partial charge in [-0.3, -0.25) is 4.79 Å². The van der Waals surface area contributed by atoms with Gasteiger partial charge in [0.2, 0.25) is 0 Å². The van der Waals surface area contributed by atoms with E-state index in [1.807, 2.05) is 94.5 Å². The number of aliphatic hydroxyl groups is 3. The highest BCUT2D eigenvalue weighted by Gasteiger charge is 2.52. The van der Waals surface area contributed by atoms with Gasteiger partial charge in [0.25, 0.3) is 8.32 Å². The maximum atomic E-state index is 13.0. The molecule has 3 rings (SSSR count). The first-order valence-corrected chi connectivity index (χ1v) is 16.5. The Kier molecular flexibility index (Phi) is 11.5. The van der Waals surface area contributed by atoms with Crippen molar-refractivity contribution in [2.24, 2.45) is 5.11 Å². The van der Waals surface area contributed by atoms with E-state index in [0.29, 0.717) is 0 Å². The lowest BCUT2D eigenvalue weighted by Crippen LogP contribution is -2.64. The van der Waals surface area contributed by atoms with Crippen LogP contribution in [0.3, 0.4) is 0 Å². The molecule has 2 aromatic carbocycles. The maximum Gasteiger partial charge on any atom is 0.324 e. The monoisotopic (exact) mass is 587 g/mol. The van der Waals surface area contributed by atoms with Crippen LogP contribution in [0.4, 0.5) is 0 Å². The minimum Gasteiger partial charge on any atom is -0.517 e. The number of ether oxygens (including phenoxy) is 3. The van der Waals surface area contributed by atoms with Gasteiger partial charge >= 0.3 is 5.97 Å². The Hall–Kier alpha value is -2.80. The van der Waals surface area contributed by atoms with Crippen LogP contribution in [-0.4, -0.2) is 78.9 Å². The molecule has 0 spiro atoms. The van der Waals surface area contributed by atoms with E-state index in [4.69, 9.17) is 18.6 Å². The Morgan fingerprint density at radius 3 is 1.98 bits per heavy atom. The number of rotatable bonds is 12. The van der Waals surface area contributed by atoms with Gasteiger partial charge in [0.1, 0.15) is 18.3 Å². The van der Waals surface area contributed by atoms with Crippen molar-refractivity contribution < 1.29 is 38.8 Å². The third kappa shape index (κ3) is 8.37. The normalized spacial score (nSPS) is 24.6. The first-order valence-electron chi connectivity index (χ1n) is 13.6. The molecule has 1 saturated heterocycles. The van der Waals surface area contributed by atoms with Crippen molar-refractivity contribution in [1.82, 2.24) is 0 Å². The van der Waals surface area contributed by atoms with Crippen LogP contribution in [0.15, 0.2) is 65.8 Å². The standard InChI is InChI=1S/C29H41N3O8Si/c1-29(2,3)41(4,5)40-28(36)24(35)23(34)26-22(31-32-30)27(38-18-20-14-10-7-11-15-20)25(21(16-33)39-26)37-17-19-12-8-6-9-13-19/h6-15,21-27,33-35H,16-18H2,1-5H3/t21-,22+,23?,24-,25-,26+,27-/m1/s1. The molecular formula is C29H41N3O8Si. The summed E-state index contributed by atoms with van der Waals surface area (Å²) in [5.74, 6) is -1.00. The lowest BCUT2D eigenvalue weighted by Gasteiger charge is -2.46. The third-order valence-corrected chi connectivity index (χ3v) is 12.0. The van der Waals surface area contributed by atoms with Gasteiger partial charge in [0.15, 0.2) is 6.10 Å². The van der Waals surface area contributed by atoms with E-state index < -0.39 is 63.6 Å². The fraction of sp³-hybridized carbons (Fsp3) is 0.552. The second kappa shape index (κ2) is 14.4. The molecule has 0 aliphatic carbocycles. The van der Waals surface area contributed by atoms with Crippen molar-refractivity contribution in [3.05, 3.63) is 82.2 Å². The smallest absolute Gasteiger partial charge is 0.324 e. The summed E-state index contributed by atoms with van der Waals surface area (Å²) in [7, 11) is -2.62. The van der Waals surface area contributed by atoms with Crippen molar-refractivity contribution in [3.63, 3.8) is 0 Å². The molecule has 3 N–H and O–H groups in total. The highest BCUT2D eigenvalue weighted by Crippen LogP contribution is 2.37. The minimum atomic E-state index is -2.62. The van der Waals surface area contributed by atoms with E-state index in [-0.39, 0.29) is 18.3 Å². The van der Waals surface area contributed by atoms with Gasteiger partial charge in [0, 0.05) is 4.91 Å². The average molecular weight is 588 g/mol. The first kappa shape index (κ1) is 32.7. The molecule has 0 bridgehead atoms. The van der Waals surface area contributed by atoms with Crippen molar-refractivity contribution >= 4 is 14.3 Å². The summed E-state index contributed by atoms with van der Waals surface area (Å²) in [5.41, 5.74) is 11.1. The van der Waals surface area contributed by atoms with Crippen LogP contribution in [0.25, 0.3) is 10.4 Å². The number of hydrogen-bond acceptors (Lipinski definition) is 9. The minimum absolute atomic E-state index is 0.102. The lowest BCUT2D eigenvalue weighted by molar-refractivity contribution is -0.246. The van der Waals surface area contributed by atoms with Crippen LogP contribution in [0.2, 0.25) is 18.1 Å². The molecule has 2 aromatic rings. The zero-order valence-corrected chi connectivity index (χ0v) is 25.2. The van der Waals surface area contributed by atoms with Crippen LogP contribution in [0.1, 0.15) is 31.9 Å². The number of benzene rings is 2. The van der Waals surface area contributed by atoms with Crippen molar-refractivity contribution in [1.29, 1.82) is 0 Å². The first-order chi connectivity index (χ1) is 19.4. The summed E-state index contributed by atoms with van der Waals surface area (Å²) < 4.78 is 24.1. The molecule has 7 atom stereocenters. The van der Waals surface area contributed by atoms with Gasteiger partial charge in [-0.25, -0.2) is 0 Å². The molecule has 1 aliphatic rings. The molecule has 224 valence electrons. The van der Waals surface area contributed by atoms with Crippen LogP contribution in [0.5, 0.6) is 0 Å². The number of azide groups is 1. The second-order valence-electron chi connectivity index (χ2n) is 11.7. The zero-order valence-electron chi connectivity index (χ0n) is 24.2. The maximum absolute atomic E-state index is 13.0. The summed E-state index contributed by atoms with van der Waals surface area (Å²) >= 11 is 0. The Balaban J connectivity index is 1.91. The number of nitrogens with zero attached hydrogens (tertiary/aromatic N) is 3. The fourth-order valence-corrected chi connectivity index (χ4v) is 5.22. The van der Waals surface area contributed by atoms with E-state index in [1.165, 1.54) is 0 Å². The van der Waals surface area contributed by atoms with Crippen molar-refractivity contribution in [3.8, 4) is 0 Å². The Labute approximate surface area is 241 Å². The number of hydrogen-bond donors (Lipinski definition) is 3. The van der Waals surface area contributed by atoms with Crippen LogP contribution >= 0.6 is 0 Å². The van der Waals surface area contributed by atoms with Crippen LogP contribution in [-0.2, 0) is 36.6 Å². The van der Waals surface area contributed by atoms with Gasteiger partial charge in [-0.05, 0) is 34.8 Å². The molecule has 0 radical (unpaired) electrons. The van der Waals surface area contributed by atoms with Crippen molar-refractivity contribution in [2.75, 3.05) is 6.61 Å². The molecule has 1 fully saturated rings. The highest BCUT2D eigenvalue weighted by atomic mass is 28.4. The molecule has 1 aliphatic heterocycles. The Morgan fingerprint density at radius 2 is 1.51 bits per heavy atom. The Bertz CT molecular complexity index is 1160. The lowest BCUT2D eigenvalue weighted by atomic mass is 9.88. The van der Waals surface area contributed by atoms with E-state index >= 15 is 0 Å². The van der Waals surface area contributed by atoms with Gasteiger partial charge in [-0.1, -0.05) is 86.5 Å². The van der Waals surface area contributed by atoms with Gasteiger partial charge in [-0.2, -0.15) is 0 Å². The summed E-state index contributed by atoms with van der Waals surface area (Å²) in [6.07, 6.45) is -8.23. The molecule has 1 heterocycles. The number of carbonyl (C=O) groups excluding carboxylic acids is 1. The quantitative estimate of drug-likeness (QED) is 0.146. The van der Waals surface area contributed by atoms with E-state index in [2.05, 4.69) is 10.0 Å². The molecule has 0 saturated carbocycles. The van der Waals surface area contributed by atoms with E-state index in [1.54, 1.807) is 0 Å². The average Bonchev–Trinajstić information content (AvgIpc) is 2.94. The summed E-state index contributed by atoms with van der Waals surface area (Å²) in [6, 6.07) is 17.4. The zero-order chi connectivity index (χ0) is 30.2. The SMILES string of the molecule is CC(C)(C)[Si](C)(C)OC(=O)[C@H](O)C(O)[C@H]1O[C@H](CO)[C@@H](OCc2ccccc2)[C@H](OCc2ccccc2)[C@H]1N=[N+]=[N-]. The highest BCUT2D eigenvalue weighted by molar-refractivity contribution is 6.75. The second-order valence-corrected chi connectivity index (χ2v) is 16.4. The molecule has 11 nitrogen and oxygen atoms in total. The third-order valence-electron chi connectivity index (χ3n) is 7.69. The van der Waals surface area contributed by atoms with Crippen molar-refractivity contribution in [2.45, 2.75) is 94.8 Å². The fourth-order valence-electron chi connectivity index (χ4n) is 4.29. The van der Waals surface area contributed by atoms with Crippen LogP contribution in [0, 0.1) is 0 Å². The van der Waals surface area contributed by atoms with Crippen LogP contribution < -0.4 is 0 Å². The number of aliphatic hydroxyl groups excluding tert-OH is 3. The largest absolute Gasteiger partial charge is 0.517 e. The Morgan fingerprint density at radius 1 is 1.00 bits per heavy atom. The summed E-state index contributed by atoms with van der Waals surface area (Å²) in [4.78, 5) is 15.9. The van der Waals surface area contributed by atoms with Gasteiger partial charge < -0.3 is 34.0 Å². The molecule has 0 amide bonds. The molecule has 0 aromatic heterocycles. The van der Waals surface area contributed by atoms with Gasteiger partial charge in [-0.15, -0.1) is 0 Å². The molecule has 12 heteroatoms. The molecular weight excluding hydrogens is 546 g/mol. The van der Waals surface area contributed by atoms with Gasteiger partial charge in [0.05, 0.1) is 38.1 Å². The molecule has 1 unspecified atom stereocenters. The predicted molar refractivity (Wildman–Crippen MR) is 154 cm³/mol. The number of carbonyl (C=O) groups is 1. The van der Waals surface area contributed by atoms with E-state index in [9.17, 15) is 25.6 Å². The molecule has 41 heavy (non-hydrogen) atoms. The topological polar surface area (TPSA) is 163 Å². The van der Waals surface area contributed by atoms with E-state index in [0.717, 1.165) is 11.1 Å². The predicted octanol–water partition coefficient (Wildman–Crippen LogP) is 3.87.